The van der Waals surface area contributed by atoms with Gasteiger partial charge in [0, 0.05) is 11.7 Å². The summed E-state index contributed by atoms with van der Waals surface area (Å²) in [5.74, 6) is -0.206. The van der Waals surface area contributed by atoms with E-state index in [2.05, 4.69) is 10.0 Å². The molecule has 1 aliphatic rings. The first-order chi connectivity index (χ1) is 13.5. The lowest BCUT2D eigenvalue weighted by molar-refractivity contribution is -0.137. The fourth-order valence-electron chi connectivity index (χ4n) is 2.38. The van der Waals surface area contributed by atoms with E-state index in [1.165, 1.54) is 18.2 Å². The van der Waals surface area contributed by atoms with Crippen LogP contribution in [0.3, 0.4) is 0 Å². The van der Waals surface area contributed by atoms with Crippen LogP contribution in [0.5, 0.6) is 5.75 Å². The Morgan fingerprint density at radius 2 is 1.90 bits per heavy atom. The van der Waals surface area contributed by atoms with Crippen LogP contribution in [0, 0.1) is 0 Å². The molecule has 0 saturated heterocycles. The second-order valence-corrected chi connectivity index (χ2v) is 8.50. The number of benzene rings is 2. The van der Waals surface area contributed by atoms with E-state index in [1.807, 2.05) is 0 Å². The van der Waals surface area contributed by atoms with Crippen LogP contribution < -0.4 is 14.8 Å². The summed E-state index contributed by atoms with van der Waals surface area (Å²) in [6.07, 6.45) is -2.74. The number of rotatable bonds is 7. The SMILES string of the molecule is O=C(COc1ccc(S(=O)(=O)Nc2cccc(C(F)(F)F)c2)cc1Cl)NC1CC1. The molecule has 0 radical (unpaired) electrons. The molecule has 1 aliphatic carbocycles. The number of halogens is 4. The Bertz CT molecular complexity index is 1020. The molecule has 1 fully saturated rings. The predicted molar refractivity (Wildman–Crippen MR) is 100 cm³/mol. The van der Waals surface area contributed by atoms with Crippen LogP contribution in [0.4, 0.5) is 18.9 Å². The molecule has 3 rings (SSSR count). The van der Waals surface area contributed by atoms with E-state index in [0.29, 0.717) is 6.07 Å². The molecule has 2 aromatic carbocycles. The summed E-state index contributed by atoms with van der Waals surface area (Å²) >= 11 is 6.03. The third-order valence-electron chi connectivity index (χ3n) is 3.96. The van der Waals surface area contributed by atoms with E-state index in [1.54, 1.807) is 0 Å². The molecule has 156 valence electrons. The van der Waals surface area contributed by atoms with Crippen molar-refractivity contribution < 1.29 is 31.1 Å². The quantitative estimate of drug-likeness (QED) is 0.674. The Kier molecular flexibility index (Phi) is 5.95. The number of nitrogens with one attached hydrogen (secondary N) is 2. The molecular weight excluding hydrogens is 433 g/mol. The van der Waals surface area contributed by atoms with Crippen molar-refractivity contribution in [3.8, 4) is 5.75 Å². The van der Waals surface area contributed by atoms with Crippen LogP contribution in [-0.4, -0.2) is 27.0 Å². The number of alkyl halides is 3. The molecule has 0 bridgehead atoms. The molecule has 2 aromatic rings. The van der Waals surface area contributed by atoms with Gasteiger partial charge < -0.3 is 10.1 Å². The monoisotopic (exact) mass is 448 g/mol. The number of anilines is 1. The van der Waals surface area contributed by atoms with Crippen molar-refractivity contribution in [2.75, 3.05) is 11.3 Å². The number of ether oxygens (including phenoxy) is 1. The number of carbonyl (C=O) groups is 1. The summed E-state index contributed by atoms with van der Waals surface area (Å²) in [4.78, 5) is 11.4. The number of amides is 1. The summed E-state index contributed by atoms with van der Waals surface area (Å²) in [6, 6.07) is 7.53. The first-order valence-corrected chi connectivity index (χ1v) is 10.3. The van der Waals surface area contributed by atoms with E-state index in [0.717, 1.165) is 31.0 Å². The van der Waals surface area contributed by atoms with Crippen LogP contribution in [0.15, 0.2) is 47.4 Å². The van der Waals surface area contributed by atoms with Crippen molar-refractivity contribution >= 4 is 33.2 Å². The van der Waals surface area contributed by atoms with Gasteiger partial charge in [-0.2, -0.15) is 13.2 Å². The summed E-state index contributed by atoms with van der Waals surface area (Å²) in [6.45, 7) is -0.273. The van der Waals surface area contributed by atoms with Gasteiger partial charge in [-0.05, 0) is 49.2 Å². The highest BCUT2D eigenvalue weighted by atomic mass is 35.5. The molecular formula is C18H16ClF3N2O4S. The zero-order valence-corrected chi connectivity index (χ0v) is 16.4. The minimum atomic E-state index is -4.60. The molecule has 1 saturated carbocycles. The standard InChI is InChI=1S/C18H16ClF3N2O4S/c19-15-9-14(6-7-16(15)28-10-17(25)23-12-4-5-12)29(26,27)24-13-3-1-2-11(8-13)18(20,21)22/h1-3,6-9,12,24H,4-5,10H2,(H,23,25). The lowest BCUT2D eigenvalue weighted by Crippen LogP contribution is -2.30. The molecule has 1 amide bonds. The number of sulfonamides is 1. The topological polar surface area (TPSA) is 84.5 Å². The molecule has 0 aliphatic heterocycles. The van der Waals surface area contributed by atoms with Gasteiger partial charge in [0.2, 0.25) is 0 Å². The minimum Gasteiger partial charge on any atom is -0.482 e. The third-order valence-corrected chi connectivity index (χ3v) is 5.63. The fourth-order valence-corrected chi connectivity index (χ4v) is 3.75. The van der Waals surface area contributed by atoms with Crippen molar-refractivity contribution in [1.29, 1.82) is 0 Å². The van der Waals surface area contributed by atoms with Crippen LogP contribution in [0.1, 0.15) is 18.4 Å². The number of hydrogen-bond donors (Lipinski definition) is 2. The van der Waals surface area contributed by atoms with Gasteiger partial charge in [-0.15, -0.1) is 0 Å². The van der Waals surface area contributed by atoms with Gasteiger partial charge in [-0.1, -0.05) is 17.7 Å². The highest BCUT2D eigenvalue weighted by Gasteiger charge is 2.31. The highest BCUT2D eigenvalue weighted by Crippen LogP contribution is 2.32. The molecule has 0 atom stereocenters. The van der Waals surface area contributed by atoms with Gasteiger partial charge in [0.25, 0.3) is 15.9 Å². The molecule has 11 heteroatoms. The van der Waals surface area contributed by atoms with E-state index in [4.69, 9.17) is 16.3 Å². The Labute approximate surface area is 170 Å². The average Bonchev–Trinajstić information content (AvgIpc) is 3.43. The smallest absolute Gasteiger partial charge is 0.416 e. The largest absolute Gasteiger partial charge is 0.482 e. The van der Waals surface area contributed by atoms with E-state index in [-0.39, 0.29) is 39.9 Å². The summed E-state index contributed by atoms with van der Waals surface area (Å²) in [7, 11) is -4.19. The van der Waals surface area contributed by atoms with Gasteiger partial charge in [-0.3, -0.25) is 9.52 Å². The fraction of sp³-hybridized carbons (Fsp3) is 0.278. The van der Waals surface area contributed by atoms with Crippen LogP contribution in [0.25, 0.3) is 0 Å². The van der Waals surface area contributed by atoms with Gasteiger partial charge >= 0.3 is 6.18 Å². The maximum absolute atomic E-state index is 12.8. The van der Waals surface area contributed by atoms with Crippen molar-refractivity contribution in [3.63, 3.8) is 0 Å². The molecule has 0 aromatic heterocycles. The minimum absolute atomic E-state index is 0.0591. The second-order valence-electron chi connectivity index (χ2n) is 6.41. The van der Waals surface area contributed by atoms with Crippen LogP contribution >= 0.6 is 11.6 Å². The van der Waals surface area contributed by atoms with Crippen molar-refractivity contribution in [1.82, 2.24) is 5.32 Å². The predicted octanol–water partition coefficient (Wildman–Crippen LogP) is 3.82. The molecule has 0 unspecified atom stereocenters. The van der Waals surface area contributed by atoms with E-state index in [9.17, 15) is 26.4 Å². The maximum atomic E-state index is 12.8. The Balaban J connectivity index is 1.70. The summed E-state index contributed by atoms with van der Waals surface area (Å²) in [5, 5.41) is 2.67. The number of hydrogen-bond acceptors (Lipinski definition) is 4. The molecule has 0 spiro atoms. The van der Waals surface area contributed by atoms with Gasteiger partial charge in [-0.25, -0.2) is 8.42 Å². The Morgan fingerprint density at radius 1 is 1.17 bits per heavy atom. The lowest BCUT2D eigenvalue weighted by Gasteiger charge is -2.13. The van der Waals surface area contributed by atoms with E-state index < -0.39 is 21.8 Å². The molecule has 0 heterocycles. The normalized spacial score (nSPS) is 14.3. The lowest BCUT2D eigenvalue weighted by atomic mass is 10.2. The third kappa shape index (κ3) is 5.77. The number of carbonyl (C=O) groups excluding carboxylic acids is 1. The maximum Gasteiger partial charge on any atom is 0.416 e. The van der Waals surface area contributed by atoms with Crippen LogP contribution in [0.2, 0.25) is 5.02 Å². The molecule has 29 heavy (non-hydrogen) atoms. The van der Waals surface area contributed by atoms with Gasteiger partial charge in [0.15, 0.2) is 6.61 Å². The van der Waals surface area contributed by atoms with Crippen LogP contribution in [-0.2, 0) is 21.0 Å². The zero-order valence-electron chi connectivity index (χ0n) is 14.8. The summed E-state index contributed by atoms with van der Waals surface area (Å²) in [5.41, 5.74) is -1.23. The highest BCUT2D eigenvalue weighted by molar-refractivity contribution is 7.92. The van der Waals surface area contributed by atoms with Crippen molar-refractivity contribution in [2.45, 2.75) is 30.0 Å². The van der Waals surface area contributed by atoms with Crippen molar-refractivity contribution in [2.24, 2.45) is 0 Å². The van der Waals surface area contributed by atoms with Gasteiger partial charge in [0.05, 0.1) is 15.5 Å². The first-order valence-electron chi connectivity index (χ1n) is 8.46. The Morgan fingerprint density at radius 3 is 2.52 bits per heavy atom. The van der Waals surface area contributed by atoms with Crippen molar-refractivity contribution in [3.05, 3.63) is 53.1 Å². The summed E-state index contributed by atoms with van der Waals surface area (Å²) < 4.78 is 70.7. The molecule has 2 N–H and O–H groups in total. The average molecular weight is 449 g/mol. The van der Waals surface area contributed by atoms with Gasteiger partial charge in [0.1, 0.15) is 5.75 Å². The second kappa shape index (κ2) is 8.11. The molecule has 6 nitrogen and oxygen atoms in total. The first kappa shape index (κ1) is 21.3. The van der Waals surface area contributed by atoms with E-state index >= 15 is 0 Å². The Hall–Kier alpha value is -2.46. The zero-order chi connectivity index (χ0) is 21.2.